The molecule has 2 aromatic rings. The topological polar surface area (TPSA) is 111 Å². The molecule has 2 heterocycles. The van der Waals surface area contributed by atoms with Crippen molar-refractivity contribution >= 4 is 28.9 Å². The number of hydrogen-bond acceptors (Lipinski definition) is 8. The molecule has 1 aliphatic rings. The zero-order valence-corrected chi connectivity index (χ0v) is 16.6. The molecule has 9 nitrogen and oxygen atoms in total. The van der Waals surface area contributed by atoms with Gasteiger partial charge in [-0.3, -0.25) is 19.8 Å². The summed E-state index contributed by atoms with van der Waals surface area (Å²) in [4.78, 5) is 38.4. The van der Waals surface area contributed by atoms with E-state index in [0.717, 1.165) is 30.1 Å². The van der Waals surface area contributed by atoms with Gasteiger partial charge in [0.25, 0.3) is 11.6 Å². The summed E-state index contributed by atoms with van der Waals surface area (Å²) >= 11 is 1.60. The van der Waals surface area contributed by atoms with E-state index in [2.05, 4.69) is 15.0 Å². The van der Waals surface area contributed by atoms with E-state index in [1.165, 1.54) is 13.2 Å². The highest BCUT2D eigenvalue weighted by Crippen LogP contribution is 2.26. The lowest BCUT2D eigenvalue weighted by atomic mass is 10.1. The number of nitrogens with one attached hydrogen (secondary N) is 1. The lowest BCUT2D eigenvalue weighted by Gasteiger charge is -2.34. The zero-order valence-electron chi connectivity index (χ0n) is 15.8. The fraction of sp³-hybridized carbons (Fsp3) is 0.368. The van der Waals surface area contributed by atoms with Crippen LogP contribution in [0.4, 0.5) is 5.69 Å². The van der Waals surface area contributed by atoms with Crippen LogP contribution >= 0.6 is 11.3 Å². The molecule has 0 unspecified atom stereocenters. The van der Waals surface area contributed by atoms with Gasteiger partial charge in [0.1, 0.15) is 0 Å². The first kappa shape index (κ1) is 20.9. The van der Waals surface area contributed by atoms with Crippen LogP contribution in [0.3, 0.4) is 0 Å². The third-order valence-corrected chi connectivity index (χ3v) is 5.60. The maximum Gasteiger partial charge on any atom is 0.338 e. The third-order valence-electron chi connectivity index (χ3n) is 4.63. The van der Waals surface area contributed by atoms with Crippen molar-refractivity contribution in [3.8, 4) is 0 Å². The molecule has 0 radical (unpaired) electrons. The lowest BCUT2D eigenvalue weighted by molar-refractivity contribution is -0.384. The molecule has 1 aromatic heterocycles. The summed E-state index contributed by atoms with van der Waals surface area (Å²) in [6.07, 6.45) is 0. The molecule has 1 atom stereocenters. The number of non-ortho nitro benzene ring substituents is 1. The monoisotopic (exact) mass is 419 g/mol. The Morgan fingerprint density at radius 3 is 2.66 bits per heavy atom. The van der Waals surface area contributed by atoms with Gasteiger partial charge in [-0.2, -0.15) is 0 Å². The van der Waals surface area contributed by atoms with Gasteiger partial charge in [-0.15, -0.1) is 11.3 Å². The number of benzene rings is 1. The number of amides is 1. The highest BCUT2D eigenvalue weighted by atomic mass is 32.1. The fourth-order valence-corrected chi connectivity index (χ4v) is 4.02. The van der Waals surface area contributed by atoms with E-state index < -0.39 is 16.8 Å². The van der Waals surface area contributed by atoms with Gasteiger partial charge in [-0.1, -0.05) is 6.07 Å². The normalized spacial score (nSPS) is 15.5. The van der Waals surface area contributed by atoms with E-state index in [4.69, 9.17) is 4.74 Å². The van der Waals surface area contributed by atoms with Crippen molar-refractivity contribution in [2.24, 2.45) is 0 Å². The predicted molar refractivity (Wildman–Crippen MR) is 106 cm³/mol. The Morgan fingerprint density at radius 2 is 2.03 bits per heavy atom. The lowest BCUT2D eigenvalue weighted by Crippen LogP contribution is -2.43. The smallest absolute Gasteiger partial charge is 0.338 e. The number of nitro benzene ring substituents is 1. The summed E-state index contributed by atoms with van der Waals surface area (Å²) < 4.78 is 10.0. The maximum atomic E-state index is 12.7. The molecule has 10 heteroatoms. The molecule has 1 aromatic carbocycles. The summed E-state index contributed by atoms with van der Waals surface area (Å²) in [5.74, 6) is -1.24. The highest BCUT2D eigenvalue weighted by Gasteiger charge is 2.25. The first-order chi connectivity index (χ1) is 14.0. The minimum absolute atomic E-state index is 0.0263. The number of nitro groups is 1. The molecule has 1 fully saturated rings. The number of ether oxygens (including phenoxy) is 2. The van der Waals surface area contributed by atoms with Crippen molar-refractivity contribution in [1.82, 2.24) is 10.2 Å². The van der Waals surface area contributed by atoms with E-state index >= 15 is 0 Å². The van der Waals surface area contributed by atoms with E-state index in [-0.39, 0.29) is 22.9 Å². The van der Waals surface area contributed by atoms with Crippen LogP contribution in [-0.4, -0.2) is 61.7 Å². The van der Waals surface area contributed by atoms with Crippen LogP contribution in [0, 0.1) is 10.1 Å². The van der Waals surface area contributed by atoms with Gasteiger partial charge in [-0.05, 0) is 17.5 Å². The molecular formula is C19H21N3O6S. The van der Waals surface area contributed by atoms with Gasteiger partial charge in [0.15, 0.2) is 0 Å². The maximum absolute atomic E-state index is 12.7. The van der Waals surface area contributed by atoms with Gasteiger partial charge in [0.2, 0.25) is 0 Å². The Bertz CT molecular complexity index is 880. The van der Waals surface area contributed by atoms with Crippen LogP contribution < -0.4 is 5.32 Å². The second-order valence-electron chi connectivity index (χ2n) is 6.41. The number of methoxy groups -OCH3 is 1. The number of carbonyl (C=O) groups excluding carboxylic acids is 2. The van der Waals surface area contributed by atoms with Crippen molar-refractivity contribution in [2.75, 3.05) is 40.0 Å². The first-order valence-corrected chi connectivity index (χ1v) is 9.88. The average Bonchev–Trinajstić information content (AvgIpc) is 3.28. The molecule has 1 amide bonds. The van der Waals surface area contributed by atoms with Crippen molar-refractivity contribution in [3.05, 3.63) is 61.8 Å². The molecule has 1 N–H and O–H groups in total. The van der Waals surface area contributed by atoms with Gasteiger partial charge >= 0.3 is 5.97 Å². The van der Waals surface area contributed by atoms with E-state index in [1.54, 1.807) is 11.3 Å². The summed E-state index contributed by atoms with van der Waals surface area (Å²) in [5.41, 5.74) is -0.359. The first-order valence-electron chi connectivity index (χ1n) is 9.01. The summed E-state index contributed by atoms with van der Waals surface area (Å²) in [7, 11) is 1.18. The Balaban J connectivity index is 1.78. The van der Waals surface area contributed by atoms with Crippen LogP contribution in [0.2, 0.25) is 0 Å². The fourth-order valence-electron chi connectivity index (χ4n) is 3.15. The van der Waals surface area contributed by atoms with Crippen LogP contribution in [0.5, 0.6) is 0 Å². The van der Waals surface area contributed by atoms with E-state index in [0.29, 0.717) is 19.8 Å². The summed E-state index contributed by atoms with van der Waals surface area (Å²) in [6.45, 7) is 3.09. The Hall–Kier alpha value is -2.82. The zero-order chi connectivity index (χ0) is 20.8. The molecule has 1 saturated heterocycles. The molecule has 29 heavy (non-hydrogen) atoms. The second kappa shape index (κ2) is 9.59. The Labute approximate surface area is 171 Å². The third kappa shape index (κ3) is 5.17. The SMILES string of the molecule is COC(=O)c1cc(C(=O)NC[C@H](c2cccs2)N2CCOCC2)cc([N+](=O)[O-])c1. The molecule has 154 valence electrons. The predicted octanol–water partition coefficient (Wildman–Crippen LogP) is 2.25. The van der Waals surface area contributed by atoms with Crippen LogP contribution in [0.25, 0.3) is 0 Å². The van der Waals surface area contributed by atoms with Crippen LogP contribution in [0.15, 0.2) is 35.7 Å². The molecule has 0 spiro atoms. The number of rotatable bonds is 7. The summed E-state index contributed by atoms with van der Waals surface area (Å²) in [5, 5.41) is 16.0. The molecule has 0 aliphatic carbocycles. The number of nitrogens with zero attached hydrogens (tertiary/aromatic N) is 2. The average molecular weight is 419 g/mol. The van der Waals surface area contributed by atoms with Gasteiger partial charge in [0.05, 0.1) is 36.9 Å². The van der Waals surface area contributed by atoms with Gasteiger partial charge < -0.3 is 14.8 Å². The minimum Gasteiger partial charge on any atom is -0.465 e. The van der Waals surface area contributed by atoms with Crippen molar-refractivity contribution in [1.29, 1.82) is 0 Å². The quantitative estimate of drug-likeness (QED) is 0.416. The van der Waals surface area contributed by atoms with Crippen molar-refractivity contribution in [3.63, 3.8) is 0 Å². The van der Waals surface area contributed by atoms with E-state index in [9.17, 15) is 19.7 Å². The van der Waals surface area contributed by atoms with Gasteiger partial charge in [-0.25, -0.2) is 4.79 Å². The van der Waals surface area contributed by atoms with Gasteiger partial charge in [0, 0.05) is 42.2 Å². The van der Waals surface area contributed by atoms with Crippen molar-refractivity contribution < 1.29 is 24.0 Å². The Morgan fingerprint density at radius 1 is 1.31 bits per heavy atom. The van der Waals surface area contributed by atoms with Crippen LogP contribution in [-0.2, 0) is 9.47 Å². The summed E-state index contributed by atoms with van der Waals surface area (Å²) in [6, 6.07) is 7.48. The standard InChI is InChI=1S/C19H21N3O6S/c1-27-19(24)14-9-13(10-15(11-14)22(25)26)18(23)20-12-16(17-3-2-8-29-17)21-4-6-28-7-5-21/h2-3,8-11,16H,4-7,12H2,1H3,(H,20,23)/t16-/m1/s1. The van der Waals surface area contributed by atoms with E-state index in [1.807, 2.05) is 17.5 Å². The molecule has 1 aliphatic heterocycles. The minimum atomic E-state index is -0.743. The number of hydrogen-bond donors (Lipinski definition) is 1. The number of carbonyl (C=O) groups is 2. The number of esters is 1. The molecular weight excluding hydrogens is 398 g/mol. The highest BCUT2D eigenvalue weighted by molar-refractivity contribution is 7.10. The Kier molecular flexibility index (Phi) is 6.91. The second-order valence-corrected chi connectivity index (χ2v) is 7.39. The molecule has 0 bridgehead atoms. The van der Waals surface area contributed by atoms with Crippen molar-refractivity contribution in [2.45, 2.75) is 6.04 Å². The number of morpholine rings is 1. The number of thiophene rings is 1. The molecule has 0 saturated carbocycles. The molecule has 3 rings (SSSR count). The largest absolute Gasteiger partial charge is 0.465 e. The van der Waals surface area contributed by atoms with Crippen LogP contribution in [0.1, 0.15) is 31.6 Å².